The van der Waals surface area contributed by atoms with Crippen LogP contribution in [-0.4, -0.2) is 55.5 Å². The highest BCUT2D eigenvalue weighted by atomic mass is 32.1. The lowest BCUT2D eigenvalue weighted by atomic mass is 9.90. The summed E-state index contributed by atoms with van der Waals surface area (Å²) in [4.78, 5) is 39.1. The Balaban J connectivity index is 1.73. The lowest BCUT2D eigenvalue weighted by Gasteiger charge is -2.23. The highest BCUT2D eigenvalue weighted by molar-refractivity contribution is 7.80. The Morgan fingerprint density at radius 3 is 2.27 bits per heavy atom. The van der Waals surface area contributed by atoms with Crippen LogP contribution >= 0.6 is 12.6 Å². The number of aromatic amines is 1. The van der Waals surface area contributed by atoms with Crippen LogP contribution in [0.5, 0.6) is 0 Å². The van der Waals surface area contributed by atoms with E-state index in [0.29, 0.717) is 19.3 Å². The van der Waals surface area contributed by atoms with Gasteiger partial charge in [0.25, 0.3) is 0 Å². The Kier molecular flexibility index (Phi) is 10.1. The lowest BCUT2D eigenvalue weighted by Crippen LogP contribution is -2.36. The quantitative estimate of drug-likeness (QED) is 0.153. The van der Waals surface area contributed by atoms with Gasteiger partial charge in [-0.2, -0.15) is 12.6 Å². The third-order valence-electron chi connectivity index (χ3n) is 9.37. The second-order valence-corrected chi connectivity index (χ2v) is 13.0. The van der Waals surface area contributed by atoms with Crippen molar-refractivity contribution in [1.29, 1.82) is 0 Å². The standard InChI is InChI=1S/C33H44N4O6S/c1-7-20-15(2)25(36-33(20)43)12-23-16(3)21(8-10-29(38)39)26(34-23)14-27-22(9-11-30(40)41)17(4)24(35-27)13-28-31(19(6)44)18(5)32(42)37-28/h7,13-15,18-19,23,25,31,34-36,43-44H,1,8-12H2,2-6H3,(H,37,42)(H,38,39)(H,40,41)/b26-14-,28-13-/t15?,18-,19?,23?,25-,31+/m1/s1. The van der Waals surface area contributed by atoms with Crippen molar-refractivity contribution in [3.05, 3.63) is 69.2 Å². The summed E-state index contributed by atoms with van der Waals surface area (Å²) in [6, 6.07) is -0.145. The zero-order chi connectivity index (χ0) is 32.5. The average Bonchev–Trinajstić information content (AvgIpc) is 3.59. The summed E-state index contributed by atoms with van der Waals surface area (Å²) in [7, 11) is 0. The topological polar surface area (TPSA) is 164 Å². The second-order valence-electron chi connectivity index (χ2n) is 12.2. The number of hydrogen-bond acceptors (Lipinski definition) is 7. The average molecular weight is 625 g/mol. The Hall–Kier alpha value is -3.86. The van der Waals surface area contributed by atoms with Gasteiger partial charge in [0.1, 0.15) is 0 Å². The van der Waals surface area contributed by atoms with Gasteiger partial charge in [-0.25, -0.2) is 0 Å². The fourth-order valence-corrected chi connectivity index (χ4v) is 7.15. The van der Waals surface area contributed by atoms with E-state index in [9.17, 15) is 29.7 Å². The number of carbonyl (C=O) groups is 3. The number of aromatic nitrogens is 1. The molecule has 4 rings (SSSR count). The van der Waals surface area contributed by atoms with Crippen LogP contribution < -0.4 is 16.0 Å². The fraction of sp³-hybridized carbons (Fsp3) is 0.485. The monoisotopic (exact) mass is 624 g/mol. The van der Waals surface area contributed by atoms with Gasteiger partial charge in [-0.15, -0.1) is 0 Å². The zero-order valence-corrected chi connectivity index (χ0v) is 26.8. The van der Waals surface area contributed by atoms with E-state index < -0.39 is 11.9 Å². The highest BCUT2D eigenvalue weighted by Gasteiger charge is 2.38. The number of allylic oxidation sites excluding steroid dienone is 3. The van der Waals surface area contributed by atoms with Crippen molar-refractivity contribution < 1.29 is 29.7 Å². The molecule has 1 aromatic rings. The summed E-state index contributed by atoms with van der Waals surface area (Å²) in [5.74, 6) is -1.99. The minimum absolute atomic E-state index is 0.0341. The van der Waals surface area contributed by atoms with Gasteiger partial charge in [-0.1, -0.05) is 33.4 Å². The second kappa shape index (κ2) is 13.4. The van der Waals surface area contributed by atoms with Gasteiger partial charge in [0.15, 0.2) is 5.88 Å². The smallest absolute Gasteiger partial charge is 0.303 e. The van der Waals surface area contributed by atoms with Crippen molar-refractivity contribution in [3.8, 4) is 0 Å². The van der Waals surface area contributed by atoms with Gasteiger partial charge in [0.2, 0.25) is 5.91 Å². The first-order valence-electron chi connectivity index (χ1n) is 15.1. The predicted octanol–water partition coefficient (Wildman–Crippen LogP) is 4.83. The Morgan fingerprint density at radius 1 is 1.02 bits per heavy atom. The maximum Gasteiger partial charge on any atom is 0.303 e. The molecule has 0 saturated carbocycles. The van der Waals surface area contributed by atoms with E-state index in [1.807, 2.05) is 46.8 Å². The molecule has 44 heavy (non-hydrogen) atoms. The molecule has 1 aromatic heterocycles. The van der Waals surface area contributed by atoms with Crippen LogP contribution in [0.3, 0.4) is 0 Å². The molecule has 238 valence electrons. The molecule has 1 fully saturated rings. The van der Waals surface area contributed by atoms with Gasteiger partial charge < -0.3 is 36.3 Å². The minimum atomic E-state index is -0.907. The third-order valence-corrected chi connectivity index (χ3v) is 9.69. The Labute approximate surface area is 263 Å². The highest BCUT2D eigenvalue weighted by Crippen LogP contribution is 2.37. The molecule has 3 aliphatic heterocycles. The fourth-order valence-electron chi connectivity index (χ4n) is 6.73. The number of amides is 1. The van der Waals surface area contributed by atoms with Crippen molar-refractivity contribution in [2.75, 3.05) is 0 Å². The molecule has 0 aliphatic carbocycles. The summed E-state index contributed by atoms with van der Waals surface area (Å²) < 4.78 is 0. The molecule has 0 aromatic carbocycles. The number of thiol groups is 1. The maximum absolute atomic E-state index is 12.5. The molecular weight excluding hydrogens is 580 g/mol. The predicted molar refractivity (Wildman–Crippen MR) is 174 cm³/mol. The molecule has 1 amide bonds. The molecule has 1 saturated heterocycles. The van der Waals surface area contributed by atoms with E-state index >= 15 is 0 Å². The van der Waals surface area contributed by atoms with Crippen molar-refractivity contribution in [2.45, 2.75) is 84.1 Å². The van der Waals surface area contributed by atoms with E-state index in [1.54, 1.807) is 6.08 Å². The van der Waals surface area contributed by atoms with E-state index in [0.717, 1.165) is 50.6 Å². The number of nitrogens with one attached hydrogen (secondary N) is 4. The van der Waals surface area contributed by atoms with Crippen LogP contribution in [0.2, 0.25) is 0 Å². The van der Waals surface area contributed by atoms with Crippen LogP contribution in [0, 0.1) is 24.7 Å². The number of carbonyl (C=O) groups excluding carboxylic acids is 1. The van der Waals surface area contributed by atoms with Crippen molar-refractivity contribution >= 4 is 42.6 Å². The molecule has 6 atom stereocenters. The molecule has 3 unspecified atom stereocenters. The number of aliphatic hydroxyl groups is 1. The number of carboxylic acid groups (broad SMARTS) is 2. The lowest BCUT2D eigenvalue weighted by molar-refractivity contribution is -0.138. The molecule has 4 heterocycles. The molecule has 0 spiro atoms. The summed E-state index contributed by atoms with van der Waals surface area (Å²) in [6.07, 6.45) is 6.71. The molecule has 3 aliphatic rings. The van der Waals surface area contributed by atoms with Crippen molar-refractivity contribution in [3.63, 3.8) is 0 Å². The summed E-state index contributed by atoms with van der Waals surface area (Å²) in [5.41, 5.74) is 7.48. The van der Waals surface area contributed by atoms with Crippen LogP contribution in [0.1, 0.15) is 75.9 Å². The summed E-state index contributed by atoms with van der Waals surface area (Å²) in [6.45, 7) is 13.6. The minimum Gasteiger partial charge on any atom is -0.495 e. The first kappa shape index (κ1) is 33.0. The number of rotatable bonds is 12. The van der Waals surface area contributed by atoms with Crippen LogP contribution in [-0.2, 0) is 20.8 Å². The van der Waals surface area contributed by atoms with E-state index in [1.165, 1.54) is 0 Å². The van der Waals surface area contributed by atoms with Crippen LogP contribution in [0.4, 0.5) is 0 Å². The van der Waals surface area contributed by atoms with E-state index in [2.05, 4.69) is 40.1 Å². The van der Waals surface area contributed by atoms with Gasteiger partial charge in [0.05, 0.1) is 0 Å². The van der Waals surface area contributed by atoms with E-state index in [-0.39, 0.29) is 59.7 Å². The van der Waals surface area contributed by atoms with Gasteiger partial charge in [-0.3, -0.25) is 14.4 Å². The number of hydrogen-bond donors (Lipinski definition) is 8. The van der Waals surface area contributed by atoms with Gasteiger partial charge in [0, 0.05) is 76.3 Å². The van der Waals surface area contributed by atoms with Crippen molar-refractivity contribution in [2.24, 2.45) is 17.8 Å². The van der Waals surface area contributed by atoms with Gasteiger partial charge in [-0.05, 0) is 67.5 Å². The summed E-state index contributed by atoms with van der Waals surface area (Å²) in [5, 5.41) is 39.0. The molecule has 0 bridgehead atoms. The SMILES string of the molecule is C=CC1=C(O)N[C@H](CC2N/C(=C\c3[nH]c(/C=C4\NC(=O)[C@H](C)[C@H]4C(C)S)c(C)c3CCC(=O)O)C(CCC(=O)O)=C2C)C1C. The van der Waals surface area contributed by atoms with Crippen LogP contribution in [0.15, 0.2) is 46.7 Å². The molecule has 10 nitrogen and oxygen atoms in total. The largest absolute Gasteiger partial charge is 0.495 e. The maximum atomic E-state index is 12.5. The molecule has 0 radical (unpaired) electrons. The van der Waals surface area contributed by atoms with Crippen LogP contribution in [0.25, 0.3) is 12.2 Å². The molecule has 11 heteroatoms. The van der Waals surface area contributed by atoms with Crippen molar-refractivity contribution in [1.82, 2.24) is 20.9 Å². The number of aliphatic carboxylic acids is 2. The Morgan fingerprint density at radius 2 is 1.68 bits per heavy atom. The number of aliphatic hydroxyl groups excluding tert-OH is 1. The number of H-pyrrole nitrogens is 1. The zero-order valence-electron chi connectivity index (χ0n) is 26.0. The molecular formula is C33H44N4O6S. The molecule has 7 N–H and O–H groups in total. The number of carboxylic acids is 2. The third kappa shape index (κ3) is 6.77. The Bertz CT molecular complexity index is 1480. The van der Waals surface area contributed by atoms with Gasteiger partial charge >= 0.3 is 11.9 Å². The normalized spacial score (nSPS) is 27.6. The summed E-state index contributed by atoms with van der Waals surface area (Å²) >= 11 is 4.63. The first-order chi connectivity index (χ1) is 20.7. The first-order valence-corrected chi connectivity index (χ1v) is 15.6. The van der Waals surface area contributed by atoms with E-state index in [4.69, 9.17) is 0 Å².